The molecule has 1 rings (SSSR count). The first-order chi connectivity index (χ1) is 4.84. The molecule has 1 aromatic rings. The second kappa shape index (κ2) is 2.88. The fraction of sp³-hybridized carbons (Fsp3) is 0. The summed E-state index contributed by atoms with van der Waals surface area (Å²) in [6.07, 6.45) is 4.11. The van der Waals surface area contributed by atoms with E-state index in [-0.39, 0.29) is 5.69 Å². The zero-order valence-electron chi connectivity index (χ0n) is 5.02. The van der Waals surface area contributed by atoms with Crippen LogP contribution in [-0.2, 0) is 4.84 Å². The predicted octanol–water partition coefficient (Wildman–Crippen LogP) is -0.493. The molecule has 0 amide bonds. The Morgan fingerprint density at radius 1 is 1.60 bits per heavy atom. The molecule has 0 aromatic carbocycles. The average molecular weight is 139 g/mol. The molecule has 52 valence electrons. The maximum atomic E-state index is 10.6. The molecule has 0 unspecified atom stereocenters. The quantitative estimate of drug-likeness (QED) is 0.531. The van der Waals surface area contributed by atoms with Crippen LogP contribution < -0.4 is 5.90 Å². The SMILES string of the molecule is NOC(=O)c1cnccn1. The van der Waals surface area contributed by atoms with Gasteiger partial charge in [0.25, 0.3) is 0 Å². The van der Waals surface area contributed by atoms with Crippen LogP contribution >= 0.6 is 0 Å². The Morgan fingerprint density at radius 3 is 2.90 bits per heavy atom. The molecule has 0 aliphatic rings. The lowest BCUT2D eigenvalue weighted by Gasteiger charge is -1.92. The van der Waals surface area contributed by atoms with Crippen LogP contribution in [0.15, 0.2) is 18.6 Å². The highest BCUT2D eigenvalue weighted by molar-refractivity contribution is 5.86. The summed E-state index contributed by atoms with van der Waals surface area (Å²) in [6, 6.07) is 0. The Balaban J connectivity index is 2.85. The lowest BCUT2D eigenvalue weighted by molar-refractivity contribution is 0.0496. The first-order valence-corrected chi connectivity index (χ1v) is 2.51. The van der Waals surface area contributed by atoms with Crippen molar-refractivity contribution in [2.24, 2.45) is 5.90 Å². The topological polar surface area (TPSA) is 78.1 Å². The van der Waals surface area contributed by atoms with E-state index in [2.05, 4.69) is 20.7 Å². The van der Waals surface area contributed by atoms with Crippen molar-refractivity contribution in [3.63, 3.8) is 0 Å². The number of carbonyl (C=O) groups is 1. The second-order valence-electron chi connectivity index (χ2n) is 1.50. The van der Waals surface area contributed by atoms with Gasteiger partial charge >= 0.3 is 5.97 Å². The van der Waals surface area contributed by atoms with Gasteiger partial charge in [0.15, 0.2) is 5.69 Å². The Hall–Kier alpha value is -1.49. The van der Waals surface area contributed by atoms with Gasteiger partial charge in [0.2, 0.25) is 0 Å². The lowest BCUT2D eigenvalue weighted by atomic mass is 10.5. The maximum absolute atomic E-state index is 10.6. The van der Waals surface area contributed by atoms with E-state index in [0.717, 1.165) is 0 Å². The fourth-order valence-electron chi connectivity index (χ4n) is 0.465. The Labute approximate surface area is 56.8 Å². The highest BCUT2D eigenvalue weighted by Crippen LogP contribution is 1.89. The minimum atomic E-state index is -0.687. The number of aromatic nitrogens is 2. The predicted molar refractivity (Wildman–Crippen MR) is 31.6 cm³/mol. The van der Waals surface area contributed by atoms with Crippen LogP contribution in [0.4, 0.5) is 0 Å². The Morgan fingerprint density at radius 2 is 2.40 bits per heavy atom. The second-order valence-corrected chi connectivity index (χ2v) is 1.50. The van der Waals surface area contributed by atoms with Crippen LogP contribution in [0.2, 0.25) is 0 Å². The van der Waals surface area contributed by atoms with E-state index in [9.17, 15) is 4.79 Å². The molecule has 0 spiro atoms. The van der Waals surface area contributed by atoms with E-state index in [0.29, 0.717) is 0 Å². The summed E-state index contributed by atoms with van der Waals surface area (Å²) < 4.78 is 0. The van der Waals surface area contributed by atoms with Crippen molar-refractivity contribution in [3.8, 4) is 0 Å². The van der Waals surface area contributed by atoms with Gasteiger partial charge in [-0.15, -0.1) is 0 Å². The van der Waals surface area contributed by atoms with Crippen LogP contribution in [0.25, 0.3) is 0 Å². The summed E-state index contributed by atoms with van der Waals surface area (Å²) in [4.78, 5) is 21.7. The van der Waals surface area contributed by atoms with E-state index in [4.69, 9.17) is 0 Å². The first kappa shape index (κ1) is 6.63. The molecule has 0 radical (unpaired) electrons. The molecule has 0 fully saturated rings. The minimum absolute atomic E-state index is 0.102. The Bertz CT molecular complexity index is 224. The van der Waals surface area contributed by atoms with Crippen molar-refractivity contribution in [3.05, 3.63) is 24.3 Å². The van der Waals surface area contributed by atoms with E-state index in [1.54, 1.807) is 0 Å². The van der Waals surface area contributed by atoms with Crippen molar-refractivity contribution in [2.75, 3.05) is 0 Å². The number of hydrogen-bond donors (Lipinski definition) is 1. The van der Waals surface area contributed by atoms with E-state index < -0.39 is 5.97 Å². The number of rotatable bonds is 1. The van der Waals surface area contributed by atoms with Gasteiger partial charge in [0, 0.05) is 12.4 Å². The molecule has 0 atom stereocenters. The summed E-state index contributed by atoms with van der Waals surface area (Å²) in [7, 11) is 0. The number of nitrogens with zero attached hydrogens (tertiary/aromatic N) is 2. The maximum Gasteiger partial charge on any atom is 0.376 e. The number of nitrogens with two attached hydrogens (primary N) is 1. The summed E-state index contributed by atoms with van der Waals surface area (Å²) in [5.74, 6) is 3.90. The molecule has 0 aliphatic heterocycles. The van der Waals surface area contributed by atoms with Crippen LogP contribution in [0.3, 0.4) is 0 Å². The highest BCUT2D eigenvalue weighted by Gasteiger charge is 2.04. The van der Waals surface area contributed by atoms with Crippen LogP contribution in [0.1, 0.15) is 10.5 Å². The van der Waals surface area contributed by atoms with Gasteiger partial charge in [-0.05, 0) is 0 Å². The van der Waals surface area contributed by atoms with Gasteiger partial charge in [-0.3, -0.25) is 4.98 Å². The molecule has 5 nitrogen and oxygen atoms in total. The molecule has 1 aromatic heterocycles. The number of hydrogen-bond acceptors (Lipinski definition) is 5. The standard InChI is InChI=1S/C5H5N3O2/c6-10-5(9)4-3-7-1-2-8-4/h1-3H,6H2. The normalized spacial score (nSPS) is 8.90. The largest absolute Gasteiger partial charge is 0.376 e. The van der Waals surface area contributed by atoms with E-state index >= 15 is 0 Å². The van der Waals surface area contributed by atoms with Crippen LogP contribution in [0.5, 0.6) is 0 Å². The molecule has 0 saturated heterocycles. The molecule has 2 N–H and O–H groups in total. The van der Waals surface area contributed by atoms with Crippen molar-refractivity contribution < 1.29 is 9.63 Å². The average Bonchev–Trinajstić information content (AvgIpc) is 2.05. The molecule has 10 heavy (non-hydrogen) atoms. The molecular formula is C5H5N3O2. The van der Waals surface area contributed by atoms with Crippen LogP contribution in [-0.4, -0.2) is 15.9 Å². The molecule has 0 aliphatic carbocycles. The van der Waals surface area contributed by atoms with E-state index in [1.165, 1.54) is 18.6 Å². The van der Waals surface area contributed by atoms with E-state index in [1.807, 2.05) is 0 Å². The van der Waals surface area contributed by atoms with Crippen molar-refractivity contribution in [1.82, 2.24) is 9.97 Å². The smallest absolute Gasteiger partial charge is 0.368 e. The molecule has 0 saturated carbocycles. The molecular weight excluding hydrogens is 134 g/mol. The van der Waals surface area contributed by atoms with Gasteiger partial charge in [-0.1, -0.05) is 0 Å². The monoisotopic (exact) mass is 139 g/mol. The summed E-state index contributed by atoms with van der Waals surface area (Å²) in [5, 5.41) is 0. The van der Waals surface area contributed by atoms with Gasteiger partial charge in [-0.2, -0.15) is 5.90 Å². The summed E-state index contributed by atoms with van der Waals surface area (Å²) >= 11 is 0. The Kier molecular flexibility index (Phi) is 1.91. The first-order valence-electron chi connectivity index (χ1n) is 2.51. The fourth-order valence-corrected chi connectivity index (χ4v) is 0.465. The van der Waals surface area contributed by atoms with Crippen LogP contribution in [0, 0.1) is 0 Å². The van der Waals surface area contributed by atoms with Gasteiger partial charge in [0.05, 0.1) is 6.20 Å². The zero-order chi connectivity index (χ0) is 7.40. The lowest BCUT2D eigenvalue weighted by Crippen LogP contribution is -2.11. The number of carbonyl (C=O) groups excluding carboxylic acids is 1. The summed E-state index contributed by atoms with van der Waals surface area (Å²) in [5.41, 5.74) is 0.102. The molecule has 0 bridgehead atoms. The van der Waals surface area contributed by atoms with Crippen molar-refractivity contribution in [2.45, 2.75) is 0 Å². The molecule has 5 heteroatoms. The summed E-state index contributed by atoms with van der Waals surface area (Å²) in [6.45, 7) is 0. The van der Waals surface area contributed by atoms with Gasteiger partial charge in [-0.25, -0.2) is 9.78 Å². The van der Waals surface area contributed by atoms with Crippen molar-refractivity contribution in [1.29, 1.82) is 0 Å². The third kappa shape index (κ3) is 1.26. The zero-order valence-corrected chi connectivity index (χ0v) is 5.02. The van der Waals surface area contributed by atoms with Gasteiger partial charge < -0.3 is 4.84 Å². The van der Waals surface area contributed by atoms with Crippen molar-refractivity contribution >= 4 is 5.97 Å². The third-order valence-electron chi connectivity index (χ3n) is 0.879. The third-order valence-corrected chi connectivity index (χ3v) is 0.879. The van der Waals surface area contributed by atoms with Gasteiger partial charge in [0.1, 0.15) is 0 Å². The minimum Gasteiger partial charge on any atom is -0.368 e. The molecule has 1 heterocycles. The highest BCUT2D eigenvalue weighted by atomic mass is 16.7.